The Morgan fingerprint density at radius 3 is 2.53 bits per heavy atom. The number of nitrogens with zero attached hydrogens (tertiary/aromatic N) is 2. The van der Waals surface area contributed by atoms with Crippen molar-refractivity contribution < 1.29 is 8.83 Å². The zero-order valence-electron chi connectivity index (χ0n) is 23.3. The molecule has 0 amide bonds. The molecule has 4 nitrogen and oxygen atoms in total. The molecular formula is C34H34N2O2. The smallest absolute Gasteiger partial charge is 0.227 e. The number of pyridine rings is 2. The van der Waals surface area contributed by atoms with Crippen molar-refractivity contribution in [2.45, 2.75) is 60.3 Å². The van der Waals surface area contributed by atoms with Crippen molar-refractivity contribution in [3.05, 3.63) is 83.4 Å². The molecule has 0 atom stereocenters. The van der Waals surface area contributed by atoms with E-state index in [9.17, 15) is 0 Å². The second kappa shape index (κ2) is 8.83. The predicted octanol–water partition coefficient (Wildman–Crippen LogP) is 9.57. The van der Waals surface area contributed by atoms with E-state index in [-0.39, 0.29) is 5.41 Å². The van der Waals surface area contributed by atoms with E-state index >= 15 is 0 Å². The molecule has 0 fully saturated rings. The summed E-state index contributed by atoms with van der Waals surface area (Å²) in [5.41, 5.74) is 10.3. The van der Waals surface area contributed by atoms with Gasteiger partial charge >= 0.3 is 0 Å². The Bertz CT molecular complexity index is 1830. The molecule has 0 saturated heterocycles. The highest BCUT2D eigenvalue weighted by molar-refractivity contribution is 5.99. The van der Waals surface area contributed by atoms with Crippen molar-refractivity contribution in [2.24, 2.45) is 5.92 Å². The van der Waals surface area contributed by atoms with Crippen molar-refractivity contribution in [1.82, 2.24) is 9.97 Å². The molecule has 0 aliphatic carbocycles. The van der Waals surface area contributed by atoms with Gasteiger partial charge in [-0.05, 0) is 84.2 Å². The maximum Gasteiger partial charge on any atom is 0.227 e. The lowest BCUT2D eigenvalue weighted by Crippen LogP contribution is -2.12. The molecule has 6 aromatic rings. The van der Waals surface area contributed by atoms with Gasteiger partial charge < -0.3 is 8.83 Å². The summed E-state index contributed by atoms with van der Waals surface area (Å²) < 4.78 is 12.2. The largest absolute Gasteiger partial charge is 0.461 e. The van der Waals surface area contributed by atoms with Crippen molar-refractivity contribution >= 4 is 33.0 Å². The van der Waals surface area contributed by atoms with E-state index in [0.717, 1.165) is 62.0 Å². The quantitative estimate of drug-likeness (QED) is 0.241. The van der Waals surface area contributed by atoms with E-state index in [2.05, 4.69) is 90.9 Å². The molecule has 0 bridgehead atoms. The second-order valence-corrected chi connectivity index (χ2v) is 11.9. The summed E-state index contributed by atoms with van der Waals surface area (Å²) in [5.74, 6) is 1.57. The van der Waals surface area contributed by atoms with E-state index in [1.54, 1.807) is 6.26 Å². The molecule has 0 aliphatic heterocycles. The molecule has 192 valence electrons. The van der Waals surface area contributed by atoms with Gasteiger partial charge in [-0.2, -0.15) is 0 Å². The fourth-order valence-electron chi connectivity index (χ4n) is 5.58. The lowest BCUT2D eigenvalue weighted by atomic mass is 9.83. The third-order valence-electron chi connectivity index (χ3n) is 7.45. The average Bonchev–Trinajstić information content (AvgIpc) is 3.40. The highest BCUT2D eigenvalue weighted by Gasteiger charge is 2.22. The van der Waals surface area contributed by atoms with Gasteiger partial charge in [0, 0.05) is 28.1 Å². The van der Waals surface area contributed by atoms with Gasteiger partial charge in [-0.15, -0.1) is 0 Å². The summed E-state index contributed by atoms with van der Waals surface area (Å²) >= 11 is 0. The Balaban J connectivity index is 1.58. The number of fused-ring (bicyclic) bond motifs is 3. The fourth-order valence-corrected chi connectivity index (χ4v) is 5.58. The van der Waals surface area contributed by atoms with Crippen LogP contribution in [0.25, 0.3) is 55.4 Å². The Kier molecular flexibility index (Phi) is 5.68. The van der Waals surface area contributed by atoms with E-state index in [1.165, 1.54) is 16.5 Å². The van der Waals surface area contributed by atoms with Gasteiger partial charge in [0.2, 0.25) is 5.71 Å². The van der Waals surface area contributed by atoms with Gasteiger partial charge in [0.25, 0.3) is 0 Å². The number of aromatic nitrogens is 2. The van der Waals surface area contributed by atoms with Crippen LogP contribution in [0, 0.1) is 19.8 Å². The van der Waals surface area contributed by atoms with E-state index < -0.39 is 0 Å². The number of hydrogen-bond donors (Lipinski definition) is 0. The molecular weight excluding hydrogens is 468 g/mol. The highest BCUT2D eigenvalue weighted by Crippen LogP contribution is 2.39. The van der Waals surface area contributed by atoms with Crippen LogP contribution < -0.4 is 0 Å². The van der Waals surface area contributed by atoms with Crippen LogP contribution in [-0.2, 0) is 11.8 Å². The molecule has 0 aliphatic rings. The number of hydrogen-bond acceptors (Lipinski definition) is 4. The Morgan fingerprint density at radius 1 is 0.947 bits per heavy atom. The fraction of sp³-hybridized carbons (Fsp3) is 0.294. The van der Waals surface area contributed by atoms with Crippen LogP contribution >= 0.6 is 0 Å². The number of aryl methyl sites for hydroxylation is 2. The monoisotopic (exact) mass is 502 g/mol. The first-order valence-electron chi connectivity index (χ1n) is 13.4. The highest BCUT2D eigenvalue weighted by atomic mass is 16.3. The first-order valence-corrected chi connectivity index (χ1v) is 13.4. The molecule has 0 spiro atoms. The summed E-state index contributed by atoms with van der Waals surface area (Å²) in [4.78, 5) is 9.69. The van der Waals surface area contributed by atoms with Gasteiger partial charge in [0.15, 0.2) is 0 Å². The zero-order chi connectivity index (χ0) is 26.8. The second-order valence-electron chi connectivity index (χ2n) is 11.9. The zero-order valence-corrected chi connectivity index (χ0v) is 23.3. The maximum absolute atomic E-state index is 6.26. The molecule has 0 N–H and O–H groups in total. The molecule has 6 rings (SSSR count). The van der Waals surface area contributed by atoms with Crippen LogP contribution in [0.1, 0.15) is 57.1 Å². The van der Waals surface area contributed by atoms with Gasteiger partial charge in [-0.1, -0.05) is 52.8 Å². The normalized spacial score (nSPS) is 12.4. The minimum Gasteiger partial charge on any atom is -0.461 e. The molecule has 0 saturated carbocycles. The van der Waals surface area contributed by atoms with E-state index in [4.69, 9.17) is 18.8 Å². The minimum absolute atomic E-state index is 0.0628. The first kappa shape index (κ1) is 24.4. The SMILES string of the molecule is Cc1oc2cc(-c3cc(-c4cc(C(C)(C)C)c5ncccc5c4)nc4occ(C)c34)ccc2c1CC(C)C. The van der Waals surface area contributed by atoms with Crippen molar-refractivity contribution in [3.63, 3.8) is 0 Å². The van der Waals surface area contributed by atoms with Crippen molar-refractivity contribution in [3.8, 4) is 22.4 Å². The third-order valence-corrected chi connectivity index (χ3v) is 7.45. The van der Waals surface area contributed by atoms with Gasteiger partial charge in [-0.3, -0.25) is 4.98 Å². The minimum atomic E-state index is -0.0628. The van der Waals surface area contributed by atoms with Crippen LogP contribution in [0.2, 0.25) is 0 Å². The standard InChI is InChI=1S/C34H34N2O2/c1-19(2)13-26-21(4)38-30-16-22(10-11-25(26)30)27-17-29(36-33-31(27)20(3)18-37-33)24-14-23-9-8-12-35-32(23)28(15-24)34(5,6)7/h8-12,14-19H,13H2,1-7H3. The summed E-state index contributed by atoms with van der Waals surface area (Å²) in [6.45, 7) is 15.3. The molecule has 2 aromatic carbocycles. The third kappa shape index (κ3) is 4.09. The van der Waals surface area contributed by atoms with E-state index in [0.29, 0.717) is 11.6 Å². The lowest BCUT2D eigenvalue weighted by Gasteiger charge is -2.22. The number of rotatable bonds is 4. The summed E-state index contributed by atoms with van der Waals surface area (Å²) in [5, 5.41) is 3.35. The average molecular weight is 503 g/mol. The molecule has 0 radical (unpaired) electrons. The summed E-state index contributed by atoms with van der Waals surface area (Å²) in [7, 11) is 0. The van der Waals surface area contributed by atoms with Crippen molar-refractivity contribution in [2.75, 3.05) is 0 Å². The molecule has 4 heteroatoms. The Hall–Kier alpha value is -3.92. The number of furan rings is 2. The van der Waals surface area contributed by atoms with Gasteiger partial charge in [0.05, 0.1) is 22.9 Å². The maximum atomic E-state index is 6.26. The summed E-state index contributed by atoms with van der Waals surface area (Å²) in [6.07, 6.45) is 4.67. The lowest BCUT2D eigenvalue weighted by molar-refractivity contribution is 0.560. The van der Waals surface area contributed by atoms with Crippen LogP contribution in [0.4, 0.5) is 0 Å². The first-order chi connectivity index (χ1) is 18.1. The van der Waals surface area contributed by atoms with Crippen molar-refractivity contribution in [1.29, 1.82) is 0 Å². The molecule has 0 unspecified atom stereocenters. The van der Waals surface area contributed by atoms with Crippen LogP contribution in [0.15, 0.2) is 69.8 Å². The molecule has 4 aromatic heterocycles. The van der Waals surface area contributed by atoms with Gasteiger partial charge in [-0.25, -0.2) is 4.98 Å². The topological polar surface area (TPSA) is 52.1 Å². The van der Waals surface area contributed by atoms with Gasteiger partial charge in [0.1, 0.15) is 11.3 Å². The van der Waals surface area contributed by atoms with Crippen LogP contribution in [-0.4, -0.2) is 9.97 Å². The van der Waals surface area contributed by atoms with Crippen LogP contribution in [0.5, 0.6) is 0 Å². The Morgan fingerprint density at radius 2 is 1.76 bits per heavy atom. The number of benzene rings is 2. The van der Waals surface area contributed by atoms with Crippen LogP contribution in [0.3, 0.4) is 0 Å². The summed E-state index contributed by atoms with van der Waals surface area (Å²) in [6, 6.07) is 17.3. The molecule has 4 heterocycles. The predicted molar refractivity (Wildman–Crippen MR) is 157 cm³/mol. The Labute approximate surface area is 223 Å². The molecule has 38 heavy (non-hydrogen) atoms. The van der Waals surface area contributed by atoms with E-state index in [1.807, 2.05) is 12.3 Å².